The van der Waals surface area contributed by atoms with Crippen molar-refractivity contribution in [1.29, 1.82) is 5.26 Å². The summed E-state index contributed by atoms with van der Waals surface area (Å²) in [5, 5.41) is 9.00. The van der Waals surface area contributed by atoms with E-state index < -0.39 is 0 Å². The largest absolute Gasteiger partial charge is 0.384 e. The quantitative estimate of drug-likeness (QED) is 0.836. The van der Waals surface area contributed by atoms with Crippen LogP contribution in [0.1, 0.15) is 23.2 Å². The highest BCUT2D eigenvalue weighted by atomic mass is 15.1. The molecule has 4 nitrogen and oxygen atoms in total. The number of hydrogen-bond donors (Lipinski definition) is 1. The monoisotopic (exact) mass is 220 g/mol. The van der Waals surface area contributed by atoms with Crippen molar-refractivity contribution in [2.45, 2.75) is 26.8 Å². The fourth-order valence-electron chi connectivity index (χ4n) is 1.87. The Balaban J connectivity index is 2.85. The SMILES string of the molecule is Cc1c(C#N)c(N)n(CCCN(C)C)c1C. The van der Waals surface area contributed by atoms with E-state index in [1.165, 1.54) is 0 Å². The lowest BCUT2D eigenvalue weighted by Crippen LogP contribution is -2.16. The smallest absolute Gasteiger partial charge is 0.122 e. The van der Waals surface area contributed by atoms with Crippen LogP contribution >= 0.6 is 0 Å². The topological polar surface area (TPSA) is 58.0 Å². The second-order valence-electron chi connectivity index (χ2n) is 4.39. The maximum atomic E-state index is 9.00. The van der Waals surface area contributed by atoms with Crippen molar-refractivity contribution in [3.63, 3.8) is 0 Å². The number of anilines is 1. The van der Waals surface area contributed by atoms with Gasteiger partial charge in [-0.15, -0.1) is 0 Å². The molecule has 0 aromatic carbocycles. The maximum Gasteiger partial charge on any atom is 0.122 e. The fraction of sp³-hybridized carbons (Fsp3) is 0.583. The fourth-order valence-corrected chi connectivity index (χ4v) is 1.87. The summed E-state index contributed by atoms with van der Waals surface area (Å²) in [7, 11) is 4.11. The highest BCUT2D eigenvalue weighted by Crippen LogP contribution is 2.23. The number of nitrogens with zero attached hydrogens (tertiary/aromatic N) is 3. The summed E-state index contributed by atoms with van der Waals surface area (Å²) in [6.07, 6.45) is 1.04. The molecular formula is C12H20N4. The molecule has 4 heteroatoms. The van der Waals surface area contributed by atoms with Gasteiger partial charge in [0.25, 0.3) is 0 Å². The molecule has 1 rings (SSSR count). The third-order valence-electron chi connectivity index (χ3n) is 2.97. The first-order chi connectivity index (χ1) is 7.49. The summed E-state index contributed by atoms with van der Waals surface area (Å²) < 4.78 is 2.04. The summed E-state index contributed by atoms with van der Waals surface area (Å²) in [6, 6.07) is 2.17. The molecule has 0 atom stereocenters. The standard InChI is InChI=1S/C12H20N4/c1-9-10(2)16(7-5-6-15(3)4)12(14)11(9)8-13/h5-7,14H2,1-4H3. The Labute approximate surface area is 97.3 Å². The molecule has 0 unspecified atom stereocenters. The molecule has 0 saturated carbocycles. The van der Waals surface area contributed by atoms with Crippen LogP contribution < -0.4 is 5.73 Å². The van der Waals surface area contributed by atoms with E-state index in [1.54, 1.807) is 0 Å². The first-order valence-corrected chi connectivity index (χ1v) is 5.49. The van der Waals surface area contributed by atoms with Crippen molar-refractivity contribution >= 4 is 5.82 Å². The number of nitriles is 1. The Hall–Kier alpha value is -1.47. The van der Waals surface area contributed by atoms with Gasteiger partial charge in [-0.25, -0.2) is 0 Å². The second kappa shape index (κ2) is 5.04. The van der Waals surface area contributed by atoms with E-state index in [4.69, 9.17) is 11.0 Å². The lowest BCUT2D eigenvalue weighted by atomic mass is 10.2. The van der Waals surface area contributed by atoms with Gasteiger partial charge in [0.1, 0.15) is 11.9 Å². The van der Waals surface area contributed by atoms with E-state index in [9.17, 15) is 0 Å². The summed E-state index contributed by atoms with van der Waals surface area (Å²) in [5.74, 6) is 0.608. The minimum absolute atomic E-state index is 0.608. The molecule has 0 saturated heterocycles. The highest BCUT2D eigenvalue weighted by Gasteiger charge is 2.14. The summed E-state index contributed by atoms with van der Waals surface area (Å²) >= 11 is 0. The van der Waals surface area contributed by atoms with Crippen molar-refractivity contribution in [2.75, 3.05) is 26.4 Å². The van der Waals surface area contributed by atoms with Gasteiger partial charge in [-0.1, -0.05) is 0 Å². The lowest BCUT2D eigenvalue weighted by Gasteiger charge is -2.12. The first-order valence-electron chi connectivity index (χ1n) is 5.49. The Kier molecular flexibility index (Phi) is 3.97. The Morgan fingerprint density at radius 1 is 1.38 bits per heavy atom. The minimum atomic E-state index is 0.608. The average Bonchev–Trinajstić information content (AvgIpc) is 2.41. The highest BCUT2D eigenvalue weighted by molar-refractivity contribution is 5.57. The molecule has 1 aromatic rings. The summed E-state index contributed by atoms with van der Waals surface area (Å²) in [5.41, 5.74) is 8.70. The van der Waals surface area contributed by atoms with Gasteiger partial charge in [0.15, 0.2) is 0 Å². The van der Waals surface area contributed by atoms with Crippen LogP contribution in [0.25, 0.3) is 0 Å². The van der Waals surface area contributed by atoms with E-state index in [2.05, 4.69) is 25.1 Å². The predicted molar refractivity (Wildman–Crippen MR) is 66.2 cm³/mol. The Morgan fingerprint density at radius 2 is 2.00 bits per heavy atom. The van der Waals surface area contributed by atoms with E-state index in [0.717, 1.165) is 30.8 Å². The van der Waals surface area contributed by atoms with Crippen molar-refractivity contribution < 1.29 is 0 Å². The van der Waals surface area contributed by atoms with Gasteiger partial charge < -0.3 is 15.2 Å². The Bertz CT molecular complexity index is 410. The molecule has 0 radical (unpaired) electrons. The third kappa shape index (κ3) is 2.37. The van der Waals surface area contributed by atoms with Crippen LogP contribution in [0.4, 0.5) is 5.82 Å². The maximum absolute atomic E-state index is 9.00. The zero-order valence-corrected chi connectivity index (χ0v) is 10.5. The van der Waals surface area contributed by atoms with Crippen molar-refractivity contribution in [2.24, 2.45) is 0 Å². The molecule has 1 aromatic heterocycles. The normalized spacial score (nSPS) is 10.8. The number of nitrogen functional groups attached to an aromatic ring is 1. The van der Waals surface area contributed by atoms with Crippen LogP contribution in [0.3, 0.4) is 0 Å². The minimum Gasteiger partial charge on any atom is -0.384 e. The second-order valence-corrected chi connectivity index (χ2v) is 4.39. The molecule has 0 aliphatic carbocycles. The van der Waals surface area contributed by atoms with E-state index >= 15 is 0 Å². The molecule has 0 fully saturated rings. The van der Waals surface area contributed by atoms with Crippen LogP contribution in [0.2, 0.25) is 0 Å². The van der Waals surface area contributed by atoms with Gasteiger partial charge in [-0.3, -0.25) is 0 Å². The van der Waals surface area contributed by atoms with Gasteiger partial charge in [-0.05, 0) is 46.5 Å². The molecule has 88 valence electrons. The van der Waals surface area contributed by atoms with Gasteiger partial charge in [0.05, 0.1) is 5.56 Å². The van der Waals surface area contributed by atoms with Gasteiger partial charge >= 0.3 is 0 Å². The third-order valence-corrected chi connectivity index (χ3v) is 2.97. The molecule has 2 N–H and O–H groups in total. The number of hydrogen-bond acceptors (Lipinski definition) is 3. The molecule has 0 aliphatic rings. The van der Waals surface area contributed by atoms with Gasteiger partial charge in [0.2, 0.25) is 0 Å². The molecule has 0 spiro atoms. The average molecular weight is 220 g/mol. The first kappa shape index (κ1) is 12.6. The van der Waals surface area contributed by atoms with E-state index in [-0.39, 0.29) is 0 Å². The van der Waals surface area contributed by atoms with Crippen molar-refractivity contribution in [3.05, 3.63) is 16.8 Å². The molecular weight excluding hydrogens is 200 g/mol. The van der Waals surface area contributed by atoms with Crippen molar-refractivity contribution in [3.8, 4) is 6.07 Å². The molecule has 0 aliphatic heterocycles. The zero-order chi connectivity index (χ0) is 12.3. The van der Waals surface area contributed by atoms with Gasteiger partial charge in [0, 0.05) is 12.2 Å². The molecule has 0 bridgehead atoms. The van der Waals surface area contributed by atoms with Crippen LogP contribution in [0, 0.1) is 25.2 Å². The predicted octanol–water partition coefficient (Wildman–Crippen LogP) is 1.51. The van der Waals surface area contributed by atoms with E-state index in [0.29, 0.717) is 11.4 Å². The summed E-state index contributed by atoms with van der Waals surface area (Å²) in [6.45, 7) is 5.87. The van der Waals surface area contributed by atoms with Crippen LogP contribution in [-0.2, 0) is 6.54 Å². The van der Waals surface area contributed by atoms with E-state index in [1.807, 2.05) is 18.4 Å². The van der Waals surface area contributed by atoms with Crippen LogP contribution in [0.15, 0.2) is 0 Å². The van der Waals surface area contributed by atoms with Crippen LogP contribution in [-0.4, -0.2) is 30.1 Å². The molecule has 16 heavy (non-hydrogen) atoms. The number of rotatable bonds is 4. The summed E-state index contributed by atoms with van der Waals surface area (Å²) in [4.78, 5) is 2.15. The number of aromatic nitrogens is 1. The lowest BCUT2D eigenvalue weighted by molar-refractivity contribution is 0.386. The molecule has 0 amide bonds. The molecule has 1 heterocycles. The number of nitrogens with two attached hydrogens (primary N) is 1. The Morgan fingerprint density at radius 3 is 2.44 bits per heavy atom. The van der Waals surface area contributed by atoms with Crippen molar-refractivity contribution in [1.82, 2.24) is 9.47 Å². The zero-order valence-electron chi connectivity index (χ0n) is 10.5. The van der Waals surface area contributed by atoms with Crippen LogP contribution in [0.5, 0.6) is 0 Å². The van der Waals surface area contributed by atoms with Gasteiger partial charge in [-0.2, -0.15) is 5.26 Å².